The Hall–Kier alpha value is -2.54. The predicted molar refractivity (Wildman–Crippen MR) is 89.9 cm³/mol. The number of nitrogens with one attached hydrogen (secondary N) is 1. The van der Waals surface area contributed by atoms with Crippen molar-refractivity contribution in [1.82, 2.24) is 5.32 Å². The Kier molecular flexibility index (Phi) is 6.26. The molecule has 0 saturated carbocycles. The van der Waals surface area contributed by atoms with Gasteiger partial charge in [0, 0.05) is 17.0 Å². The van der Waals surface area contributed by atoms with E-state index in [1.807, 2.05) is 0 Å². The number of ether oxygens (including phenoxy) is 1. The maximum atomic E-state index is 13.1. The minimum Gasteiger partial charge on any atom is -0.467 e. The van der Waals surface area contributed by atoms with Crippen molar-refractivity contribution in [3.63, 3.8) is 0 Å². The fourth-order valence-electron chi connectivity index (χ4n) is 2.37. The highest BCUT2D eigenvalue weighted by molar-refractivity contribution is 6.30. The van der Waals surface area contributed by atoms with Gasteiger partial charge in [0.2, 0.25) is 0 Å². The summed E-state index contributed by atoms with van der Waals surface area (Å²) in [5.74, 6) is -1.47. The highest BCUT2D eigenvalue weighted by Gasteiger charge is 2.34. The fourth-order valence-corrected chi connectivity index (χ4v) is 2.50. The van der Waals surface area contributed by atoms with Crippen molar-refractivity contribution >= 4 is 23.5 Å². The first kappa shape index (κ1) is 19.8. The van der Waals surface area contributed by atoms with E-state index in [1.54, 1.807) is 0 Å². The number of carbonyl (C=O) groups is 2. The molecular weight excluding hydrogens is 371 g/mol. The third-order valence-corrected chi connectivity index (χ3v) is 3.90. The zero-order valence-electron chi connectivity index (χ0n) is 13.6. The second-order valence-electron chi connectivity index (χ2n) is 5.42. The first-order valence-corrected chi connectivity index (χ1v) is 7.89. The Balaban J connectivity index is 2.25. The monoisotopic (exact) mass is 385 g/mol. The van der Waals surface area contributed by atoms with E-state index in [0.29, 0.717) is 5.02 Å². The zero-order chi connectivity index (χ0) is 19.3. The molecule has 0 aromatic heterocycles. The minimum atomic E-state index is -4.57. The number of carbonyl (C=O) groups excluding carboxylic acids is 2. The summed E-state index contributed by atoms with van der Waals surface area (Å²) in [5.41, 5.74) is -0.770. The third-order valence-electron chi connectivity index (χ3n) is 3.64. The van der Waals surface area contributed by atoms with Crippen molar-refractivity contribution < 1.29 is 27.5 Å². The first-order chi connectivity index (χ1) is 12.2. The van der Waals surface area contributed by atoms with E-state index < -0.39 is 29.7 Å². The van der Waals surface area contributed by atoms with E-state index >= 15 is 0 Å². The van der Waals surface area contributed by atoms with Gasteiger partial charge >= 0.3 is 12.1 Å². The molecule has 8 heteroatoms. The number of benzene rings is 2. The van der Waals surface area contributed by atoms with Gasteiger partial charge in [0.05, 0.1) is 12.7 Å². The number of halogens is 4. The van der Waals surface area contributed by atoms with Gasteiger partial charge in [0.15, 0.2) is 0 Å². The molecule has 2 aromatic rings. The number of hydrogen-bond donors (Lipinski definition) is 1. The zero-order valence-corrected chi connectivity index (χ0v) is 14.4. The van der Waals surface area contributed by atoms with Gasteiger partial charge in [-0.3, -0.25) is 4.79 Å². The maximum Gasteiger partial charge on any atom is 0.416 e. The number of esters is 1. The lowest BCUT2D eigenvalue weighted by Crippen LogP contribution is -2.43. The Morgan fingerprint density at radius 2 is 1.73 bits per heavy atom. The van der Waals surface area contributed by atoms with Crippen molar-refractivity contribution in [2.45, 2.75) is 18.6 Å². The van der Waals surface area contributed by atoms with Crippen molar-refractivity contribution in [2.75, 3.05) is 7.11 Å². The summed E-state index contributed by atoms with van der Waals surface area (Å²) in [7, 11) is 1.10. The van der Waals surface area contributed by atoms with Crippen LogP contribution >= 0.6 is 11.6 Å². The first-order valence-electron chi connectivity index (χ1n) is 7.51. The molecule has 1 amide bonds. The molecule has 0 aliphatic rings. The average Bonchev–Trinajstić information content (AvgIpc) is 2.60. The summed E-state index contributed by atoms with van der Waals surface area (Å²) in [6.07, 6.45) is -4.93. The molecule has 1 atom stereocenters. The van der Waals surface area contributed by atoms with Crippen LogP contribution in [0.3, 0.4) is 0 Å². The number of methoxy groups -OCH3 is 1. The van der Waals surface area contributed by atoms with Crippen molar-refractivity contribution in [1.29, 1.82) is 0 Å². The lowest BCUT2D eigenvalue weighted by Gasteiger charge is -2.19. The molecule has 0 heterocycles. The van der Waals surface area contributed by atoms with E-state index in [2.05, 4.69) is 10.1 Å². The van der Waals surface area contributed by atoms with Crippen LogP contribution in [0, 0.1) is 0 Å². The number of hydrogen-bond acceptors (Lipinski definition) is 3. The maximum absolute atomic E-state index is 13.1. The molecule has 0 fully saturated rings. The highest BCUT2D eigenvalue weighted by atomic mass is 35.5. The fraction of sp³-hybridized carbons (Fsp3) is 0.222. The van der Waals surface area contributed by atoms with Gasteiger partial charge in [-0.25, -0.2) is 4.79 Å². The molecule has 1 N–H and O–H groups in total. The Labute approximate surface area is 152 Å². The summed E-state index contributed by atoms with van der Waals surface area (Å²) in [4.78, 5) is 24.2. The molecule has 2 rings (SSSR count). The van der Waals surface area contributed by atoms with E-state index in [1.165, 1.54) is 42.5 Å². The molecule has 0 aliphatic carbocycles. The van der Waals surface area contributed by atoms with E-state index in [4.69, 9.17) is 11.6 Å². The van der Waals surface area contributed by atoms with Crippen LogP contribution in [0.25, 0.3) is 0 Å². The van der Waals surface area contributed by atoms with Crippen molar-refractivity contribution in [2.24, 2.45) is 0 Å². The van der Waals surface area contributed by atoms with Crippen LogP contribution in [0.15, 0.2) is 48.5 Å². The van der Waals surface area contributed by atoms with Gasteiger partial charge in [0.25, 0.3) is 5.91 Å². The summed E-state index contributed by atoms with van der Waals surface area (Å²) in [6, 6.07) is 9.45. The molecule has 2 aromatic carbocycles. The summed E-state index contributed by atoms with van der Waals surface area (Å²) < 4.78 is 44.0. The van der Waals surface area contributed by atoms with Gasteiger partial charge in [-0.05, 0) is 35.9 Å². The van der Waals surface area contributed by atoms with Crippen LogP contribution in [0.2, 0.25) is 5.02 Å². The van der Waals surface area contributed by atoms with Crippen LogP contribution in [0.1, 0.15) is 21.5 Å². The van der Waals surface area contributed by atoms with Gasteiger partial charge < -0.3 is 10.1 Å². The van der Waals surface area contributed by atoms with Gasteiger partial charge in [0.1, 0.15) is 6.04 Å². The summed E-state index contributed by atoms with van der Waals surface area (Å²) >= 11 is 5.75. The average molecular weight is 386 g/mol. The lowest BCUT2D eigenvalue weighted by atomic mass is 9.99. The topological polar surface area (TPSA) is 55.4 Å². The molecule has 4 nitrogen and oxygen atoms in total. The molecule has 0 bridgehead atoms. The van der Waals surface area contributed by atoms with Crippen LogP contribution in [-0.4, -0.2) is 25.0 Å². The highest BCUT2D eigenvalue weighted by Crippen LogP contribution is 2.32. The van der Waals surface area contributed by atoms with Crippen molar-refractivity contribution in [3.05, 3.63) is 70.2 Å². The minimum absolute atomic E-state index is 0.119. The van der Waals surface area contributed by atoms with Crippen LogP contribution in [0.5, 0.6) is 0 Å². The predicted octanol–water partition coefficient (Wildman–Crippen LogP) is 3.87. The van der Waals surface area contributed by atoms with Crippen molar-refractivity contribution in [3.8, 4) is 0 Å². The van der Waals surface area contributed by atoms with E-state index in [9.17, 15) is 22.8 Å². The molecule has 0 aliphatic heterocycles. The molecule has 0 spiro atoms. The molecule has 138 valence electrons. The molecule has 26 heavy (non-hydrogen) atoms. The second kappa shape index (κ2) is 8.23. The SMILES string of the molecule is COC(=O)[C@@H](Cc1ccccc1C(F)(F)F)NC(=O)c1ccc(Cl)cc1. The molecule has 0 unspecified atom stereocenters. The Morgan fingerprint density at radius 1 is 1.12 bits per heavy atom. The smallest absolute Gasteiger partial charge is 0.416 e. The lowest BCUT2D eigenvalue weighted by molar-refractivity contribution is -0.144. The van der Waals surface area contributed by atoms with E-state index in [0.717, 1.165) is 13.2 Å². The standard InChI is InChI=1S/C18H15ClF3NO3/c1-26-17(25)15(23-16(24)11-6-8-13(19)9-7-11)10-12-4-2-3-5-14(12)18(20,21)22/h2-9,15H,10H2,1H3,(H,23,24)/t15-/m1/s1. The van der Waals surface area contributed by atoms with Gasteiger partial charge in [-0.2, -0.15) is 13.2 Å². The van der Waals surface area contributed by atoms with Crippen LogP contribution in [-0.2, 0) is 22.1 Å². The third kappa shape index (κ3) is 4.98. The quantitative estimate of drug-likeness (QED) is 0.795. The summed E-state index contributed by atoms with van der Waals surface area (Å²) in [6.45, 7) is 0. The Bertz CT molecular complexity index is 791. The number of amides is 1. The van der Waals surface area contributed by atoms with Crippen LogP contribution < -0.4 is 5.32 Å². The summed E-state index contributed by atoms with van der Waals surface area (Å²) in [5, 5.41) is 2.83. The van der Waals surface area contributed by atoms with Gasteiger partial charge in [-0.1, -0.05) is 29.8 Å². The largest absolute Gasteiger partial charge is 0.467 e. The number of rotatable bonds is 5. The number of alkyl halides is 3. The van der Waals surface area contributed by atoms with E-state index in [-0.39, 0.29) is 17.5 Å². The van der Waals surface area contributed by atoms with Gasteiger partial charge in [-0.15, -0.1) is 0 Å². The second-order valence-corrected chi connectivity index (χ2v) is 5.85. The Morgan fingerprint density at radius 3 is 2.31 bits per heavy atom. The molecule has 0 radical (unpaired) electrons. The normalized spacial score (nSPS) is 12.3. The molecule has 0 saturated heterocycles. The van der Waals surface area contributed by atoms with Crippen LogP contribution in [0.4, 0.5) is 13.2 Å². The molecular formula is C18H15ClF3NO3.